The van der Waals surface area contributed by atoms with Crippen LogP contribution in [0, 0.1) is 0 Å². The SMILES string of the molecule is O=C(O)c1cc(OS(=O)(=O)[O-])c(OS(=O)(=O)[O-])c(OS(=O)(=O)[O-])c1.[Na+].[Na+].[Na+]. The van der Waals surface area contributed by atoms with Gasteiger partial charge >= 0.3 is 94.6 Å². The Morgan fingerprint density at radius 3 is 1.26 bits per heavy atom. The second kappa shape index (κ2) is 11.9. The third kappa shape index (κ3) is 12.9. The molecule has 0 radical (unpaired) electrons. The molecule has 1 rings (SSSR count). The van der Waals surface area contributed by atoms with E-state index in [1.807, 2.05) is 0 Å². The number of carbonyl (C=O) groups is 1. The van der Waals surface area contributed by atoms with Crippen LogP contribution in [0.5, 0.6) is 17.2 Å². The molecular formula is C7H3Na3O14S3. The van der Waals surface area contributed by atoms with Crippen LogP contribution in [0.25, 0.3) is 0 Å². The maximum Gasteiger partial charge on any atom is 1.00 e. The quantitative estimate of drug-likeness (QED) is 0.218. The van der Waals surface area contributed by atoms with Crippen molar-refractivity contribution in [2.24, 2.45) is 0 Å². The molecular weight excluding hydrogens is 473 g/mol. The predicted molar refractivity (Wildman–Crippen MR) is 64.4 cm³/mol. The van der Waals surface area contributed by atoms with Crippen LogP contribution in [0.1, 0.15) is 10.4 Å². The summed E-state index contributed by atoms with van der Waals surface area (Å²) in [6.45, 7) is 0. The molecule has 0 aliphatic rings. The molecule has 20 heteroatoms. The molecule has 0 unspecified atom stereocenters. The molecule has 0 saturated carbocycles. The summed E-state index contributed by atoms with van der Waals surface area (Å²) >= 11 is 0. The minimum Gasteiger partial charge on any atom is -0.716 e. The van der Waals surface area contributed by atoms with Crippen molar-refractivity contribution in [1.29, 1.82) is 0 Å². The predicted octanol–water partition coefficient (Wildman–Crippen LogP) is -11.1. The largest absolute Gasteiger partial charge is 1.00 e. The standard InChI is InChI=1S/C7H6O14S3.3Na/c8-7(9)3-1-4(19-22(10,11)12)6(21-24(16,17)18)5(2-3)20-23(13,14)15;;;/h1-2H,(H,8,9)(H,10,11,12)(H,13,14,15)(H,16,17,18);;;/q;3*+1/p-3. The second-order valence-corrected chi connectivity index (χ2v) is 6.53. The fraction of sp³-hybridized carbons (Fsp3) is 0. The van der Waals surface area contributed by atoms with Gasteiger partial charge < -0.3 is 31.3 Å². The molecule has 1 aromatic carbocycles. The van der Waals surface area contributed by atoms with Gasteiger partial charge in [0.1, 0.15) is 0 Å². The monoisotopic (exact) mass is 476 g/mol. The van der Waals surface area contributed by atoms with Crippen LogP contribution in [0.4, 0.5) is 0 Å². The maximum absolute atomic E-state index is 10.8. The fourth-order valence-corrected chi connectivity index (χ4v) is 2.28. The van der Waals surface area contributed by atoms with Gasteiger partial charge in [0.25, 0.3) is 31.2 Å². The molecule has 0 aliphatic carbocycles. The van der Waals surface area contributed by atoms with Crippen LogP contribution in [0.3, 0.4) is 0 Å². The van der Waals surface area contributed by atoms with Crippen molar-refractivity contribution in [3.63, 3.8) is 0 Å². The average molecular weight is 476 g/mol. The second-order valence-electron chi connectivity index (χ2n) is 3.58. The molecule has 0 bridgehead atoms. The summed E-state index contributed by atoms with van der Waals surface area (Å²) in [6.07, 6.45) is 0. The zero-order chi connectivity index (χ0) is 18.9. The molecule has 0 aliphatic heterocycles. The van der Waals surface area contributed by atoms with Crippen molar-refractivity contribution in [2.45, 2.75) is 0 Å². The van der Waals surface area contributed by atoms with Crippen molar-refractivity contribution in [1.82, 2.24) is 0 Å². The van der Waals surface area contributed by atoms with Crippen molar-refractivity contribution in [3.8, 4) is 17.2 Å². The van der Waals surface area contributed by atoms with Crippen LogP contribution < -0.4 is 101 Å². The Kier molecular flexibility index (Phi) is 14.3. The van der Waals surface area contributed by atoms with Gasteiger partial charge in [0.05, 0.1) is 5.56 Å². The van der Waals surface area contributed by atoms with E-state index in [2.05, 4.69) is 12.5 Å². The fourth-order valence-electron chi connectivity index (χ4n) is 1.23. The minimum atomic E-state index is -5.72. The Bertz CT molecular complexity index is 928. The zero-order valence-electron chi connectivity index (χ0n) is 13.6. The van der Waals surface area contributed by atoms with E-state index >= 15 is 0 Å². The van der Waals surface area contributed by atoms with Crippen molar-refractivity contribution in [2.75, 3.05) is 0 Å². The van der Waals surface area contributed by atoms with E-state index in [0.717, 1.165) is 0 Å². The van der Waals surface area contributed by atoms with Crippen LogP contribution >= 0.6 is 0 Å². The number of aromatic carboxylic acids is 1. The number of carboxylic acids is 1. The number of rotatable bonds is 7. The third-order valence-electron chi connectivity index (χ3n) is 1.84. The molecule has 0 fully saturated rings. The molecule has 0 spiro atoms. The molecule has 1 N–H and O–H groups in total. The first-order chi connectivity index (χ1) is 10.6. The number of benzene rings is 1. The van der Waals surface area contributed by atoms with E-state index in [1.165, 1.54) is 0 Å². The summed E-state index contributed by atoms with van der Waals surface area (Å²) in [7, 11) is -17.0. The van der Waals surface area contributed by atoms with Crippen LogP contribution in [0.15, 0.2) is 12.1 Å². The van der Waals surface area contributed by atoms with E-state index in [-0.39, 0.29) is 101 Å². The Morgan fingerprint density at radius 2 is 1.04 bits per heavy atom. The molecule has 1 aromatic rings. The van der Waals surface area contributed by atoms with Gasteiger partial charge in [0.15, 0.2) is 11.5 Å². The summed E-state index contributed by atoms with van der Waals surface area (Å²) in [5, 5.41) is 8.77. The van der Waals surface area contributed by atoms with Gasteiger partial charge in [0, 0.05) is 12.1 Å². The first-order valence-electron chi connectivity index (χ1n) is 4.94. The summed E-state index contributed by atoms with van der Waals surface area (Å²) in [4.78, 5) is 10.8. The van der Waals surface area contributed by atoms with Crippen molar-refractivity contribution in [3.05, 3.63) is 17.7 Å². The third-order valence-corrected chi connectivity index (χ3v) is 2.97. The summed E-state index contributed by atoms with van der Waals surface area (Å²) in [5.74, 6) is -6.56. The maximum atomic E-state index is 10.8. The van der Waals surface area contributed by atoms with E-state index in [4.69, 9.17) is 5.11 Å². The molecule has 27 heavy (non-hydrogen) atoms. The summed E-state index contributed by atoms with van der Waals surface area (Å²) < 4.78 is 106. The number of hydrogen-bond donors (Lipinski definition) is 1. The van der Waals surface area contributed by atoms with E-state index in [9.17, 15) is 43.7 Å². The first-order valence-corrected chi connectivity index (χ1v) is 8.94. The van der Waals surface area contributed by atoms with Gasteiger partial charge in [-0.1, -0.05) is 0 Å². The van der Waals surface area contributed by atoms with Gasteiger partial charge in [-0.3, -0.25) is 0 Å². The number of carboxylic acid groups (broad SMARTS) is 1. The van der Waals surface area contributed by atoms with Gasteiger partial charge in [0.2, 0.25) is 5.75 Å². The average Bonchev–Trinajstić information content (AvgIpc) is 2.27. The van der Waals surface area contributed by atoms with E-state index < -0.39 is 60.0 Å². The van der Waals surface area contributed by atoms with Gasteiger partial charge in [-0.05, 0) is 0 Å². The zero-order valence-corrected chi connectivity index (χ0v) is 22.1. The number of hydrogen-bond acceptors (Lipinski definition) is 13. The topological polar surface area (TPSA) is 237 Å². The summed E-state index contributed by atoms with van der Waals surface area (Å²) in [5.41, 5.74) is -1.01. The van der Waals surface area contributed by atoms with Crippen LogP contribution in [-0.4, -0.2) is 50.0 Å². The Balaban J connectivity index is -0.00000192. The molecule has 136 valence electrons. The molecule has 14 nitrogen and oxygen atoms in total. The van der Waals surface area contributed by atoms with Crippen LogP contribution in [0.2, 0.25) is 0 Å². The van der Waals surface area contributed by atoms with E-state index in [0.29, 0.717) is 0 Å². The first kappa shape index (κ1) is 32.5. The van der Waals surface area contributed by atoms with Gasteiger partial charge in [-0.15, -0.1) is 0 Å². The molecule has 0 amide bonds. The normalized spacial score (nSPS) is 11.1. The molecule has 0 saturated heterocycles. The molecule has 0 aromatic heterocycles. The minimum absolute atomic E-state index is 0. The van der Waals surface area contributed by atoms with Gasteiger partial charge in [-0.2, -0.15) is 0 Å². The molecule has 0 atom stereocenters. The van der Waals surface area contributed by atoms with Crippen molar-refractivity contribution >= 4 is 37.2 Å². The van der Waals surface area contributed by atoms with Crippen LogP contribution in [-0.2, 0) is 31.2 Å². The Labute approximate surface area is 219 Å². The van der Waals surface area contributed by atoms with Crippen molar-refractivity contribution < 1.29 is 150 Å². The molecule has 0 heterocycles. The summed E-state index contributed by atoms with van der Waals surface area (Å²) in [6, 6.07) is 0.394. The van der Waals surface area contributed by atoms with Gasteiger partial charge in [-0.25, -0.2) is 30.0 Å². The Hall–Kier alpha value is 0.820. The Morgan fingerprint density at radius 1 is 0.741 bits per heavy atom. The smallest absolute Gasteiger partial charge is 0.716 e. The van der Waals surface area contributed by atoms with E-state index in [1.54, 1.807) is 0 Å².